The van der Waals surface area contributed by atoms with E-state index in [0.29, 0.717) is 38.6 Å². The number of hydrogen-bond acceptors (Lipinski definition) is 4. The smallest absolute Gasteiger partial charge is 0.143 e. The first-order valence-electron chi connectivity index (χ1n) is 8.24. The minimum Gasteiger partial charge on any atom is -0.379 e. The second kappa shape index (κ2) is 10.3. The molecule has 1 atom stereocenters. The molecule has 24 heavy (non-hydrogen) atoms. The van der Waals surface area contributed by atoms with E-state index in [0.717, 1.165) is 12.2 Å². The van der Waals surface area contributed by atoms with Crippen molar-refractivity contribution in [3.05, 3.63) is 47.9 Å². The maximum Gasteiger partial charge on any atom is 0.143 e. The zero-order chi connectivity index (χ0) is 17.2. The summed E-state index contributed by atoms with van der Waals surface area (Å²) in [6.07, 6.45) is 2.60. The highest BCUT2D eigenvalue weighted by Gasteiger charge is 2.04. The molecule has 5 nitrogen and oxygen atoms in total. The number of hydrogen-bond donors (Lipinski definition) is 0. The number of imidazole rings is 1. The highest BCUT2D eigenvalue weighted by Crippen LogP contribution is 2.03. The molecule has 2 rings (SSSR count). The second-order valence-electron chi connectivity index (χ2n) is 5.74. The lowest BCUT2D eigenvalue weighted by molar-refractivity contribution is -0.0293. The minimum absolute atomic E-state index is 0.0562. The fourth-order valence-corrected chi connectivity index (χ4v) is 2.26. The molecular weight excluding hydrogens is 303 g/mol. The molecule has 0 spiro atoms. The van der Waals surface area contributed by atoms with E-state index in [1.807, 2.05) is 36.7 Å². The Morgan fingerprint density at radius 3 is 2.58 bits per heavy atom. The molecule has 0 saturated carbocycles. The molecule has 0 saturated heterocycles. The van der Waals surface area contributed by atoms with E-state index < -0.39 is 0 Å². The van der Waals surface area contributed by atoms with Gasteiger partial charge in [-0.2, -0.15) is 0 Å². The van der Waals surface area contributed by atoms with Crippen molar-refractivity contribution in [2.24, 2.45) is 7.05 Å². The quantitative estimate of drug-likeness (QED) is 0.462. The molecule has 0 bridgehead atoms. The highest BCUT2D eigenvalue weighted by atomic mass is 16.5. The Morgan fingerprint density at radius 2 is 1.88 bits per heavy atom. The Balaban J connectivity index is 1.46. The topological polar surface area (TPSA) is 45.5 Å². The average molecular weight is 328 g/mol. The van der Waals surface area contributed by atoms with Crippen LogP contribution in [-0.4, -0.2) is 49.9 Å². The van der Waals surface area contributed by atoms with Crippen LogP contribution in [0.2, 0.25) is 0 Å². The first-order valence-corrected chi connectivity index (χ1v) is 8.24. The molecule has 0 N–H and O–H groups in total. The van der Waals surface area contributed by atoms with E-state index in [4.69, 9.17) is 22.1 Å². The van der Waals surface area contributed by atoms with Crippen LogP contribution >= 0.6 is 0 Å². The van der Waals surface area contributed by atoms with E-state index in [-0.39, 0.29) is 6.10 Å². The summed E-state index contributed by atoms with van der Waals surface area (Å²) in [5, 5.41) is 0. The molecule has 0 aliphatic heterocycles. The Labute approximate surface area is 145 Å². The van der Waals surface area contributed by atoms with Crippen molar-refractivity contribution in [1.82, 2.24) is 9.55 Å². The third-order valence-electron chi connectivity index (χ3n) is 3.56. The Kier molecular flexibility index (Phi) is 8.02. The van der Waals surface area contributed by atoms with Crippen molar-refractivity contribution in [3.8, 4) is 0 Å². The molecule has 1 aromatic carbocycles. The van der Waals surface area contributed by atoms with Gasteiger partial charge in [0.05, 0.1) is 39.1 Å². The van der Waals surface area contributed by atoms with Crippen LogP contribution in [0.4, 0.5) is 0 Å². The van der Waals surface area contributed by atoms with Crippen molar-refractivity contribution < 1.29 is 14.2 Å². The molecule has 0 unspecified atom stereocenters. The van der Waals surface area contributed by atoms with Gasteiger partial charge in [-0.15, -0.1) is 0 Å². The third-order valence-corrected chi connectivity index (χ3v) is 3.56. The predicted molar refractivity (Wildman–Crippen MR) is 94.6 cm³/mol. The van der Waals surface area contributed by atoms with Crippen LogP contribution in [0.3, 0.4) is 0 Å². The Hall–Kier alpha value is -1.63. The SMILES string of the molecule is [B]c1cn(C)c(CCOCCOC[C@H](C)OCc2ccccc2)n1. The third kappa shape index (κ3) is 6.87. The predicted octanol–water partition coefficient (Wildman–Crippen LogP) is 1.39. The number of ether oxygens (including phenoxy) is 3. The lowest BCUT2D eigenvalue weighted by atomic mass is 10.1. The van der Waals surface area contributed by atoms with Crippen molar-refractivity contribution in [1.29, 1.82) is 0 Å². The highest BCUT2D eigenvalue weighted by molar-refractivity contribution is 6.30. The average Bonchev–Trinajstić information content (AvgIpc) is 2.90. The fourth-order valence-electron chi connectivity index (χ4n) is 2.26. The summed E-state index contributed by atoms with van der Waals surface area (Å²) in [4.78, 5) is 4.23. The van der Waals surface area contributed by atoms with Gasteiger partial charge in [0, 0.05) is 25.3 Å². The molecule has 2 aromatic rings. The van der Waals surface area contributed by atoms with Gasteiger partial charge >= 0.3 is 0 Å². The van der Waals surface area contributed by atoms with Gasteiger partial charge in [0.1, 0.15) is 13.7 Å². The molecule has 0 aliphatic carbocycles. The number of aromatic nitrogens is 2. The molecule has 6 heteroatoms. The Bertz CT molecular complexity index is 589. The zero-order valence-electron chi connectivity index (χ0n) is 14.5. The van der Waals surface area contributed by atoms with Crippen LogP contribution in [0.25, 0.3) is 0 Å². The summed E-state index contributed by atoms with van der Waals surface area (Å²) in [6, 6.07) is 10.1. The van der Waals surface area contributed by atoms with Gasteiger partial charge < -0.3 is 18.8 Å². The lowest BCUT2D eigenvalue weighted by Gasteiger charge is -2.13. The summed E-state index contributed by atoms with van der Waals surface area (Å²) in [5.74, 6) is 0.927. The molecule has 0 aliphatic rings. The van der Waals surface area contributed by atoms with Crippen molar-refractivity contribution in [3.63, 3.8) is 0 Å². The van der Waals surface area contributed by atoms with Crippen LogP contribution in [0.5, 0.6) is 0 Å². The van der Waals surface area contributed by atoms with Crippen LogP contribution in [0, 0.1) is 0 Å². The second-order valence-corrected chi connectivity index (χ2v) is 5.74. The van der Waals surface area contributed by atoms with E-state index in [2.05, 4.69) is 17.1 Å². The Morgan fingerprint density at radius 1 is 1.12 bits per heavy atom. The van der Waals surface area contributed by atoms with Crippen LogP contribution in [0.15, 0.2) is 36.5 Å². The minimum atomic E-state index is 0.0562. The summed E-state index contributed by atoms with van der Waals surface area (Å²) in [5.41, 5.74) is 1.71. The van der Waals surface area contributed by atoms with Crippen molar-refractivity contribution in [2.45, 2.75) is 26.1 Å². The van der Waals surface area contributed by atoms with Crippen molar-refractivity contribution in [2.75, 3.05) is 26.4 Å². The van der Waals surface area contributed by atoms with Gasteiger partial charge in [-0.25, -0.2) is 4.98 Å². The molecule has 2 radical (unpaired) electrons. The molecular formula is C18H25BN2O3. The summed E-state index contributed by atoms with van der Waals surface area (Å²) < 4.78 is 18.8. The number of rotatable bonds is 11. The van der Waals surface area contributed by atoms with Gasteiger partial charge in [0.2, 0.25) is 0 Å². The maximum absolute atomic E-state index is 5.74. The number of aryl methyl sites for hydroxylation is 1. The van der Waals surface area contributed by atoms with E-state index in [1.54, 1.807) is 6.20 Å². The normalized spacial score (nSPS) is 12.4. The fraction of sp³-hybridized carbons (Fsp3) is 0.500. The van der Waals surface area contributed by atoms with Gasteiger partial charge in [0.15, 0.2) is 0 Å². The van der Waals surface area contributed by atoms with Gasteiger partial charge in [-0.05, 0) is 12.5 Å². The molecule has 1 aromatic heterocycles. The van der Waals surface area contributed by atoms with Gasteiger partial charge in [-0.1, -0.05) is 30.3 Å². The summed E-state index contributed by atoms with van der Waals surface area (Å²) >= 11 is 0. The lowest BCUT2D eigenvalue weighted by Crippen LogP contribution is -2.18. The largest absolute Gasteiger partial charge is 0.379 e. The zero-order valence-corrected chi connectivity index (χ0v) is 14.5. The van der Waals surface area contributed by atoms with Gasteiger partial charge in [-0.3, -0.25) is 0 Å². The maximum atomic E-state index is 5.74. The molecule has 0 amide bonds. The first-order chi connectivity index (χ1) is 11.6. The standard InChI is InChI=1S/C18H25BN2O3/c1-15(24-14-16-6-4-3-5-7-16)13-23-11-10-22-9-8-18-20-17(19)12-21(18)2/h3-7,12,15H,8-11,13-14H2,1-2H3/t15-/m0/s1. The van der Waals surface area contributed by atoms with Crippen molar-refractivity contribution >= 4 is 13.4 Å². The first kappa shape index (κ1) is 18.7. The molecule has 0 fully saturated rings. The number of benzene rings is 1. The summed E-state index contributed by atoms with van der Waals surface area (Å²) in [6.45, 7) is 4.90. The van der Waals surface area contributed by atoms with Crippen LogP contribution < -0.4 is 5.59 Å². The van der Waals surface area contributed by atoms with E-state index in [9.17, 15) is 0 Å². The van der Waals surface area contributed by atoms with E-state index >= 15 is 0 Å². The monoisotopic (exact) mass is 328 g/mol. The number of nitrogens with zero attached hydrogens (tertiary/aromatic N) is 2. The molecule has 128 valence electrons. The van der Waals surface area contributed by atoms with Gasteiger partial charge in [0.25, 0.3) is 0 Å². The van der Waals surface area contributed by atoms with Crippen LogP contribution in [0.1, 0.15) is 18.3 Å². The summed E-state index contributed by atoms with van der Waals surface area (Å²) in [7, 11) is 7.56. The van der Waals surface area contributed by atoms with Crippen LogP contribution in [-0.2, 0) is 34.3 Å². The van der Waals surface area contributed by atoms with E-state index in [1.165, 1.54) is 5.56 Å². The molecule has 1 heterocycles.